The molecule has 7 nitrogen and oxygen atoms in total. The third-order valence-corrected chi connectivity index (χ3v) is 6.63. The maximum atomic E-state index is 12.9. The number of anilines is 1. The van der Waals surface area contributed by atoms with E-state index in [0.29, 0.717) is 35.2 Å². The summed E-state index contributed by atoms with van der Waals surface area (Å²) in [7, 11) is 0. The molecule has 1 amide bonds. The van der Waals surface area contributed by atoms with Crippen molar-refractivity contribution in [1.29, 1.82) is 0 Å². The lowest BCUT2D eigenvalue weighted by Crippen LogP contribution is -2.24. The highest BCUT2D eigenvalue weighted by Crippen LogP contribution is 2.22. The smallest absolute Gasteiger partial charge is 0.272 e. The quantitative estimate of drug-likeness (QED) is 0.436. The first kappa shape index (κ1) is 20.7. The van der Waals surface area contributed by atoms with Crippen LogP contribution in [-0.2, 0) is 17.8 Å². The number of rotatable bonds is 6. The summed E-state index contributed by atoms with van der Waals surface area (Å²) in [5.41, 5.74) is 2.57. The Kier molecular flexibility index (Phi) is 5.75. The molecule has 0 aliphatic rings. The van der Waals surface area contributed by atoms with E-state index in [1.807, 2.05) is 41.0 Å². The molecule has 9 heteroatoms. The number of amides is 1. The van der Waals surface area contributed by atoms with Crippen LogP contribution < -0.4 is 10.9 Å². The van der Waals surface area contributed by atoms with E-state index in [1.165, 1.54) is 11.3 Å². The van der Waals surface area contributed by atoms with E-state index in [1.54, 1.807) is 4.57 Å². The van der Waals surface area contributed by atoms with Crippen LogP contribution in [0.5, 0.6) is 0 Å². The van der Waals surface area contributed by atoms with Gasteiger partial charge in [0.25, 0.3) is 5.56 Å². The third-order valence-electron chi connectivity index (χ3n) is 4.84. The van der Waals surface area contributed by atoms with E-state index in [-0.39, 0.29) is 17.9 Å². The Morgan fingerprint density at radius 2 is 2.07 bits per heavy atom. The third kappa shape index (κ3) is 3.91. The minimum absolute atomic E-state index is 0.0384. The first-order valence-electron chi connectivity index (χ1n) is 9.75. The monoisotopic (exact) mass is 487 g/mol. The molecule has 0 aliphatic carbocycles. The van der Waals surface area contributed by atoms with E-state index in [4.69, 9.17) is 0 Å². The second-order valence-electron chi connectivity index (χ2n) is 7.71. The number of hydrogen-bond acceptors (Lipinski definition) is 5. The van der Waals surface area contributed by atoms with Crippen LogP contribution in [-0.4, -0.2) is 25.1 Å². The average Bonchev–Trinajstić information content (AvgIpc) is 3.33. The highest BCUT2D eigenvalue weighted by molar-refractivity contribution is 9.10. The Hall–Kier alpha value is -2.52. The lowest BCUT2D eigenvalue weighted by molar-refractivity contribution is -0.116. The molecule has 0 saturated carbocycles. The van der Waals surface area contributed by atoms with Crippen LogP contribution in [0.25, 0.3) is 16.0 Å². The van der Waals surface area contributed by atoms with Crippen LogP contribution >= 0.6 is 27.3 Å². The molecule has 0 unspecified atom stereocenters. The van der Waals surface area contributed by atoms with Crippen molar-refractivity contribution in [2.75, 3.05) is 5.32 Å². The zero-order chi connectivity index (χ0) is 21.4. The van der Waals surface area contributed by atoms with Crippen molar-refractivity contribution in [1.82, 2.24) is 19.2 Å². The molecular formula is C21H22BrN5O2S. The van der Waals surface area contributed by atoms with Gasteiger partial charge in [0, 0.05) is 29.5 Å². The molecule has 1 N–H and O–H groups in total. The van der Waals surface area contributed by atoms with Crippen LogP contribution in [0.2, 0.25) is 0 Å². The van der Waals surface area contributed by atoms with Gasteiger partial charge in [-0.1, -0.05) is 29.8 Å². The molecule has 3 aromatic heterocycles. The van der Waals surface area contributed by atoms with E-state index >= 15 is 0 Å². The Bertz CT molecular complexity index is 1300. The fourth-order valence-electron chi connectivity index (χ4n) is 3.44. The predicted octanol–water partition coefficient (Wildman–Crippen LogP) is 4.40. The zero-order valence-corrected chi connectivity index (χ0v) is 19.4. The molecule has 4 aromatic rings. The topological polar surface area (TPSA) is 81.3 Å². The van der Waals surface area contributed by atoms with Gasteiger partial charge < -0.3 is 5.32 Å². The molecule has 0 fully saturated rings. The number of fused-ring (bicyclic) bond motifs is 3. The molecule has 4 rings (SSSR count). The molecule has 0 atom stereocenters. The van der Waals surface area contributed by atoms with Gasteiger partial charge in [-0.25, -0.2) is 0 Å². The Morgan fingerprint density at radius 3 is 2.80 bits per heavy atom. The maximum absolute atomic E-state index is 12.9. The molecular weight excluding hydrogens is 466 g/mol. The standard InChI is InChI=1S/C21H22BrN5O2S/c1-12(2)11-26-20(29)19-16(8-9-30-19)27-17(24-25-21(26)27)6-7-18(28)23-14-4-5-15(22)13(3)10-14/h4-5,8-10,12H,6-7,11H2,1-3H3,(H,23,28). The van der Waals surface area contributed by atoms with Crippen molar-refractivity contribution < 1.29 is 4.79 Å². The molecule has 0 spiro atoms. The summed E-state index contributed by atoms with van der Waals surface area (Å²) in [5, 5.41) is 13.4. The Morgan fingerprint density at radius 1 is 1.27 bits per heavy atom. The number of carbonyl (C=O) groups is 1. The number of thiophene rings is 1. The lowest BCUT2D eigenvalue weighted by Gasteiger charge is -2.11. The molecule has 0 radical (unpaired) electrons. The molecule has 156 valence electrons. The van der Waals surface area contributed by atoms with E-state index in [2.05, 4.69) is 45.3 Å². The molecule has 0 saturated heterocycles. The van der Waals surface area contributed by atoms with Crippen LogP contribution in [0.4, 0.5) is 5.69 Å². The Balaban J connectivity index is 1.62. The molecule has 1 aromatic carbocycles. The van der Waals surface area contributed by atoms with Crippen molar-refractivity contribution in [3.63, 3.8) is 0 Å². The van der Waals surface area contributed by atoms with E-state index in [0.717, 1.165) is 21.2 Å². The largest absolute Gasteiger partial charge is 0.326 e. The van der Waals surface area contributed by atoms with Crippen molar-refractivity contribution in [3.05, 3.63) is 55.9 Å². The summed E-state index contributed by atoms with van der Waals surface area (Å²) in [5.74, 6) is 1.40. The van der Waals surface area contributed by atoms with E-state index < -0.39 is 0 Å². The number of halogens is 1. The normalized spacial score (nSPS) is 11.6. The summed E-state index contributed by atoms with van der Waals surface area (Å²) in [4.78, 5) is 25.4. The highest BCUT2D eigenvalue weighted by Gasteiger charge is 2.18. The van der Waals surface area contributed by atoms with Gasteiger partial charge >= 0.3 is 0 Å². The molecule has 30 heavy (non-hydrogen) atoms. The predicted molar refractivity (Wildman–Crippen MR) is 123 cm³/mol. The van der Waals surface area contributed by atoms with Gasteiger partial charge in [0.05, 0.1) is 5.52 Å². The number of benzene rings is 1. The van der Waals surface area contributed by atoms with Crippen LogP contribution in [0.1, 0.15) is 31.7 Å². The number of aromatic nitrogens is 4. The first-order chi connectivity index (χ1) is 14.3. The summed E-state index contributed by atoms with van der Waals surface area (Å²) in [6.07, 6.45) is 0.693. The van der Waals surface area contributed by atoms with Gasteiger partial charge in [0.1, 0.15) is 10.5 Å². The fourth-order valence-corrected chi connectivity index (χ4v) is 4.51. The number of hydrogen-bond donors (Lipinski definition) is 1. The Labute approximate surface area is 185 Å². The van der Waals surface area contributed by atoms with Gasteiger partial charge in [-0.2, -0.15) is 0 Å². The summed E-state index contributed by atoms with van der Waals surface area (Å²) in [6.45, 7) is 6.67. The van der Waals surface area contributed by atoms with Gasteiger partial charge in [0.15, 0.2) is 0 Å². The SMILES string of the molecule is Cc1cc(NC(=O)CCc2nnc3n(CC(C)C)c(=O)c4sccc4n23)ccc1Br. The second kappa shape index (κ2) is 8.31. The lowest BCUT2D eigenvalue weighted by atomic mass is 10.2. The summed E-state index contributed by atoms with van der Waals surface area (Å²) >= 11 is 4.88. The number of nitrogens with zero attached hydrogens (tertiary/aromatic N) is 4. The summed E-state index contributed by atoms with van der Waals surface area (Å²) < 4.78 is 5.28. The van der Waals surface area contributed by atoms with Crippen LogP contribution in [0.15, 0.2) is 38.9 Å². The number of carbonyl (C=O) groups excluding carboxylic acids is 1. The van der Waals surface area contributed by atoms with Crippen molar-refractivity contribution in [2.24, 2.45) is 5.92 Å². The second-order valence-corrected chi connectivity index (χ2v) is 9.48. The number of nitrogens with one attached hydrogen (secondary N) is 1. The fraction of sp³-hybridized carbons (Fsp3) is 0.333. The average molecular weight is 488 g/mol. The van der Waals surface area contributed by atoms with Crippen molar-refractivity contribution in [2.45, 2.75) is 40.2 Å². The maximum Gasteiger partial charge on any atom is 0.272 e. The van der Waals surface area contributed by atoms with Gasteiger partial charge in [-0.15, -0.1) is 21.5 Å². The minimum Gasteiger partial charge on any atom is -0.326 e. The van der Waals surface area contributed by atoms with Gasteiger partial charge in [-0.3, -0.25) is 18.6 Å². The summed E-state index contributed by atoms with van der Waals surface area (Å²) in [6, 6.07) is 7.61. The molecule has 3 heterocycles. The van der Waals surface area contributed by atoms with Gasteiger partial charge in [0.2, 0.25) is 11.7 Å². The first-order valence-corrected chi connectivity index (χ1v) is 11.4. The number of aryl methyl sites for hydroxylation is 2. The highest BCUT2D eigenvalue weighted by atomic mass is 79.9. The van der Waals surface area contributed by atoms with E-state index in [9.17, 15) is 9.59 Å². The molecule has 0 aliphatic heterocycles. The zero-order valence-electron chi connectivity index (χ0n) is 17.0. The van der Waals surface area contributed by atoms with Crippen LogP contribution in [0, 0.1) is 12.8 Å². The van der Waals surface area contributed by atoms with Gasteiger partial charge in [-0.05, 0) is 48.1 Å². The van der Waals surface area contributed by atoms with Crippen molar-refractivity contribution >= 4 is 54.9 Å². The molecule has 0 bridgehead atoms. The van der Waals surface area contributed by atoms with Crippen LogP contribution in [0.3, 0.4) is 0 Å². The minimum atomic E-state index is -0.0921. The van der Waals surface area contributed by atoms with Crippen molar-refractivity contribution in [3.8, 4) is 0 Å².